The maximum atomic E-state index is 12.7. The first-order valence-electron chi connectivity index (χ1n) is 23.6. The summed E-state index contributed by atoms with van der Waals surface area (Å²) in [5.41, 5.74) is 13.1. The van der Waals surface area contributed by atoms with Crippen molar-refractivity contribution in [3.05, 3.63) is 70.6 Å². The molecule has 4 aliphatic heterocycles. The van der Waals surface area contributed by atoms with Crippen molar-refractivity contribution in [2.24, 2.45) is 15.8 Å². The summed E-state index contributed by atoms with van der Waals surface area (Å²) in [4.78, 5) is 69.4. The Labute approximate surface area is 412 Å². The van der Waals surface area contributed by atoms with Crippen LogP contribution >= 0.6 is 0 Å². The van der Waals surface area contributed by atoms with Gasteiger partial charge in [-0.2, -0.15) is 0 Å². The molecule has 3 amide bonds. The van der Waals surface area contributed by atoms with Gasteiger partial charge in [-0.15, -0.1) is 0 Å². The zero-order chi connectivity index (χ0) is 51.3. The van der Waals surface area contributed by atoms with Gasteiger partial charge in [-0.3, -0.25) is 44.2 Å². The van der Waals surface area contributed by atoms with Crippen LogP contribution in [0.5, 0.6) is 0 Å². The molecule has 4 aromatic rings. The number of aromatic carboxylic acids is 1. The lowest BCUT2D eigenvalue weighted by molar-refractivity contribution is 0.0398. The summed E-state index contributed by atoms with van der Waals surface area (Å²) in [6, 6.07) is 6.77. The summed E-state index contributed by atoms with van der Waals surface area (Å²) < 4.78 is 24.4. The number of ether oxygens (including phenoxy) is 4. The van der Waals surface area contributed by atoms with Gasteiger partial charge in [-0.25, -0.2) is 35.6 Å². The van der Waals surface area contributed by atoms with Crippen LogP contribution in [-0.2, 0) is 18.9 Å². The van der Waals surface area contributed by atoms with Crippen molar-refractivity contribution < 1.29 is 43.2 Å². The zero-order valence-corrected chi connectivity index (χ0v) is 41.9. The number of fused-ring (bicyclic) bond motifs is 2. The topological polar surface area (TPSA) is 277 Å². The van der Waals surface area contributed by atoms with E-state index >= 15 is 0 Å². The normalized spacial score (nSPS) is 16.3. The largest absolute Gasteiger partial charge is 0.478 e. The number of nitrogens with two attached hydrogens (primary N) is 1. The Hall–Kier alpha value is -6.92. The highest BCUT2D eigenvalue weighted by Gasteiger charge is 2.24. The van der Waals surface area contributed by atoms with Gasteiger partial charge >= 0.3 is 18.2 Å². The zero-order valence-electron chi connectivity index (χ0n) is 41.9. The van der Waals surface area contributed by atoms with Crippen molar-refractivity contribution in [1.82, 2.24) is 44.8 Å². The molecule has 0 unspecified atom stereocenters. The SMILES string of the molecule is CC(C)(C)OC(=O)NN.CC1=C(c2nc3ccc(C(=O)NNC(=O)OC(C)(C)C)cn3c2NCCN2CCOCC2)CC=N1.CC1=C(c2nc3ccc(C(=O)O)cn3c2NCCN2CCOCC2)CC=N1. The number of nitrogens with zero attached hydrogens (tertiary/aromatic N) is 8. The number of amides is 3. The Bertz CT molecular complexity index is 2660. The van der Waals surface area contributed by atoms with Gasteiger partial charge in [0.15, 0.2) is 0 Å². The third-order valence-electron chi connectivity index (χ3n) is 11.2. The predicted octanol–water partition coefficient (Wildman–Crippen LogP) is 4.82. The summed E-state index contributed by atoms with van der Waals surface area (Å²) in [5, 5.41) is 16.4. The summed E-state index contributed by atoms with van der Waals surface area (Å²) in [6.45, 7) is 24.4. The number of carboxylic acids is 1. The van der Waals surface area contributed by atoms with Crippen molar-refractivity contribution in [1.29, 1.82) is 0 Å². The number of anilines is 2. The quantitative estimate of drug-likeness (QED) is 0.0569. The fraction of sp³-hybridized carbons (Fsp3) is 0.500. The maximum Gasteiger partial charge on any atom is 0.426 e. The first-order chi connectivity index (χ1) is 33.8. The first-order valence-corrected chi connectivity index (χ1v) is 23.6. The van der Waals surface area contributed by atoms with E-state index in [9.17, 15) is 24.3 Å². The number of pyridine rings is 2. The first kappa shape index (κ1) is 53.4. The molecule has 8 heterocycles. The minimum Gasteiger partial charge on any atom is -0.478 e. The molecule has 2 saturated heterocycles. The minimum atomic E-state index is -0.953. The van der Waals surface area contributed by atoms with Crippen molar-refractivity contribution in [2.75, 3.05) is 89.4 Å². The van der Waals surface area contributed by atoms with Gasteiger partial charge in [0.05, 0.1) is 37.6 Å². The molecule has 23 nitrogen and oxygen atoms in total. The second-order valence-corrected chi connectivity index (χ2v) is 18.9. The smallest absolute Gasteiger partial charge is 0.426 e. The molecule has 8 N–H and O–H groups in total. The van der Waals surface area contributed by atoms with Gasteiger partial charge in [0.25, 0.3) is 5.91 Å². The van der Waals surface area contributed by atoms with E-state index in [1.807, 2.05) is 40.5 Å². The molecule has 0 saturated carbocycles. The van der Waals surface area contributed by atoms with E-state index in [1.54, 1.807) is 78.2 Å². The van der Waals surface area contributed by atoms with E-state index < -0.39 is 35.3 Å². The van der Waals surface area contributed by atoms with Crippen LogP contribution in [0.2, 0.25) is 0 Å². The lowest BCUT2D eigenvalue weighted by Gasteiger charge is -2.26. The van der Waals surface area contributed by atoms with E-state index in [1.165, 1.54) is 0 Å². The fourth-order valence-corrected chi connectivity index (χ4v) is 7.75. The van der Waals surface area contributed by atoms with Gasteiger partial charge < -0.3 is 34.7 Å². The second-order valence-electron chi connectivity index (χ2n) is 18.9. The molecule has 0 radical (unpaired) electrons. The minimum absolute atomic E-state index is 0.232. The van der Waals surface area contributed by atoms with E-state index in [0.29, 0.717) is 24.2 Å². The van der Waals surface area contributed by atoms with Crippen molar-refractivity contribution in [2.45, 2.75) is 79.4 Å². The standard InChI is InChI=1S/C24H33N7O4.C19H23N5O3.C5H12N2O2/c1-16-18(7-8-25-16)20-21(26-9-10-30-11-13-34-14-12-30)31-15-17(5-6-19(31)27-20)22(32)28-29-23(33)35-24(2,3)4;1-13-15(4-5-20-13)17-18(21-6-7-23-8-10-27-11-9-23)24-12-14(19(25)26)2-3-16(24)22-17;1-5(2,3)9-4(8)7-6/h5-6,8,15,26H,7,9-14H2,1-4H3,(H,28,32)(H,29,33);2-3,5,12,21H,4,6-11H2,1H3,(H,25,26);6H2,1-3H3,(H,7,8). The van der Waals surface area contributed by atoms with Crippen LogP contribution in [0.4, 0.5) is 21.2 Å². The number of morpholine rings is 2. The van der Waals surface area contributed by atoms with Crippen LogP contribution in [0.15, 0.2) is 58.0 Å². The molecular weight excluding hydrogens is 917 g/mol. The monoisotopic (exact) mass is 985 g/mol. The molecule has 0 atom stereocenters. The Morgan fingerprint density at radius 2 is 1.10 bits per heavy atom. The van der Waals surface area contributed by atoms with Crippen LogP contribution in [-0.4, -0.2) is 160 Å². The predicted molar refractivity (Wildman–Crippen MR) is 271 cm³/mol. The lowest BCUT2D eigenvalue weighted by atomic mass is 10.1. The van der Waals surface area contributed by atoms with Gasteiger partial charge in [-0.1, -0.05) is 0 Å². The molecule has 0 spiro atoms. The highest BCUT2D eigenvalue weighted by Crippen LogP contribution is 2.34. The summed E-state index contributed by atoms with van der Waals surface area (Å²) in [7, 11) is 0. The van der Waals surface area contributed by atoms with Gasteiger partial charge in [-0.05, 0) is 79.7 Å². The highest BCUT2D eigenvalue weighted by molar-refractivity contribution is 5.96. The number of hydrogen-bond acceptors (Lipinski definition) is 17. The summed E-state index contributed by atoms with van der Waals surface area (Å²) in [6.07, 6.45) is 7.20. The molecule has 8 rings (SSSR count). The number of carbonyl (C=O) groups is 4. The molecule has 2 fully saturated rings. The number of imidazole rings is 2. The maximum absolute atomic E-state index is 12.7. The van der Waals surface area contributed by atoms with E-state index in [2.05, 4.69) is 41.3 Å². The second kappa shape index (κ2) is 24.3. The third kappa shape index (κ3) is 15.3. The molecule has 71 heavy (non-hydrogen) atoms. The number of carbonyl (C=O) groups excluding carboxylic acids is 3. The lowest BCUT2D eigenvalue weighted by Crippen LogP contribution is -2.44. The van der Waals surface area contributed by atoms with E-state index in [4.69, 9.17) is 34.8 Å². The molecule has 0 bridgehead atoms. The Morgan fingerprint density at radius 3 is 1.49 bits per heavy atom. The molecule has 384 valence electrons. The molecule has 23 heteroatoms. The van der Waals surface area contributed by atoms with Crippen LogP contribution in [0.25, 0.3) is 22.4 Å². The summed E-state index contributed by atoms with van der Waals surface area (Å²) in [5.74, 6) is 4.96. The molecule has 4 aromatic heterocycles. The highest BCUT2D eigenvalue weighted by atomic mass is 16.6. The number of allylic oxidation sites excluding steroid dienone is 4. The van der Waals surface area contributed by atoms with Crippen molar-refractivity contribution in [3.63, 3.8) is 0 Å². The van der Waals surface area contributed by atoms with Gasteiger partial charge in [0.2, 0.25) is 0 Å². The van der Waals surface area contributed by atoms with Crippen LogP contribution in [0, 0.1) is 0 Å². The number of hydrogen-bond donors (Lipinski definition) is 7. The van der Waals surface area contributed by atoms with Gasteiger partial charge in [0, 0.05) is 113 Å². The molecular formula is C48H68N14O9. The number of aromatic nitrogens is 4. The van der Waals surface area contributed by atoms with Crippen LogP contribution in [0.1, 0.15) is 100 Å². The number of carboxylic acid groups (broad SMARTS) is 1. The molecule has 4 aliphatic rings. The number of nitrogens with one attached hydrogen (secondary N) is 5. The fourth-order valence-electron chi connectivity index (χ4n) is 7.75. The third-order valence-corrected chi connectivity index (χ3v) is 11.2. The number of aliphatic imine (C=N–C) groups is 2. The average molecular weight is 985 g/mol. The number of hydrazine groups is 2. The van der Waals surface area contributed by atoms with Crippen molar-refractivity contribution in [3.8, 4) is 0 Å². The van der Waals surface area contributed by atoms with E-state index in [0.717, 1.165) is 130 Å². The Kier molecular flexibility index (Phi) is 18.3. The molecule has 0 aromatic carbocycles. The Balaban J connectivity index is 0.000000203. The Morgan fingerprint density at radius 1 is 0.662 bits per heavy atom. The van der Waals surface area contributed by atoms with Crippen LogP contribution in [0.3, 0.4) is 0 Å². The molecule has 0 aliphatic carbocycles. The van der Waals surface area contributed by atoms with Crippen molar-refractivity contribution >= 4 is 70.6 Å². The van der Waals surface area contributed by atoms with Gasteiger partial charge in [0.1, 0.15) is 45.5 Å². The van der Waals surface area contributed by atoms with E-state index in [-0.39, 0.29) is 5.56 Å². The summed E-state index contributed by atoms with van der Waals surface area (Å²) >= 11 is 0. The van der Waals surface area contributed by atoms with Crippen LogP contribution < -0.4 is 32.8 Å². The number of rotatable bonds is 12. The average Bonchev–Trinajstić information content (AvgIpc) is 4.13.